The molecule has 0 spiro atoms. The summed E-state index contributed by atoms with van der Waals surface area (Å²) in [5.41, 5.74) is 0. The van der Waals surface area contributed by atoms with Crippen LogP contribution in [-0.2, 0) is 28.5 Å². The maximum absolute atomic E-state index is 13.4. The highest BCUT2D eigenvalue weighted by Gasteiger charge is 2.40. The largest absolute Gasteiger partial charge is 0.359 e. The third kappa shape index (κ3) is 8.31. The standard InChI is InChI=1S/C23H40N5O6PS/c1-24-19(29)14-35(34,15-20(30)25-2)27(4)10-5-11-36-18-12-21(31)28(23(18)33)13-16-6-8-17(9-7-16)22(32)26-3/h16-18H,5-15H2,1-4H3,(H,24,29)(H,25,30)(H,26,32). The van der Waals surface area contributed by atoms with Gasteiger partial charge in [0.2, 0.25) is 29.5 Å². The van der Waals surface area contributed by atoms with Crippen LogP contribution in [0.5, 0.6) is 0 Å². The van der Waals surface area contributed by atoms with E-state index in [1.807, 2.05) is 0 Å². The highest BCUT2D eigenvalue weighted by molar-refractivity contribution is 8.00. The van der Waals surface area contributed by atoms with Crippen LogP contribution in [0.2, 0.25) is 0 Å². The van der Waals surface area contributed by atoms with Gasteiger partial charge in [0.1, 0.15) is 0 Å². The molecule has 204 valence electrons. The first-order valence-corrected chi connectivity index (χ1v) is 15.5. The third-order valence-corrected chi connectivity index (χ3v) is 11.3. The van der Waals surface area contributed by atoms with Gasteiger partial charge in [-0.15, -0.1) is 11.8 Å². The lowest BCUT2D eigenvalue weighted by Gasteiger charge is -2.29. The number of imide groups is 1. The summed E-state index contributed by atoms with van der Waals surface area (Å²) in [4.78, 5) is 62.4. The number of carbonyl (C=O) groups is 5. The Bertz CT molecular complexity index is 857. The molecule has 1 heterocycles. The molecular formula is C23H40N5O6PS. The van der Waals surface area contributed by atoms with Gasteiger partial charge in [-0.3, -0.25) is 33.5 Å². The minimum atomic E-state index is -3.24. The zero-order valence-electron chi connectivity index (χ0n) is 21.7. The Kier molecular flexibility index (Phi) is 11.9. The summed E-state index contributed by atoms with van der Waals surface area (Å²) in [7, 11) is 2.96. The van der Waals surface area contributed by atoms with E-state index in [-0.39, 0.29) is 60.1 Å². The summed E-state index contributed by atoms with van der Waals surface area (Å²) in [5.74, 6) is -0.199. The average molecular weight is 546 g/mol. The molecule has 11 nitrogen and oxygen atoms in total. The Hall–Kier alpha value is -1.91. The van der Waals surface area contributed by atoms with Gasteiger partial charge in [-0.2, -0.15) is 0 Å². The molecule has 2 fully saturated rings. The lowest BCUT2D eigenvalue weighted by molar-refractivity contribution is -0.139. The smallest absolute Gasteiger partial charge is 0.242 e. The molecule has 5 amide bonds. The lowest BCUT2D eigenvalue weighted by atomic mass is 9.81. The van der Waals surface area contributed by atoms with Gasteiger partial charge < -0.3 is 20.5 Å². The molecule has 3 N–H and O–H groups in total. The molecule has 13 heteroatoms. The van der Waals surface area contributed by atoms with Crippen LogP contribution in [-0.4, -0.2) is 104 Å². The second-order valence-electron chi connectivity index (χ2n) is 9.48. The second-order valence-corrected chi connectivity index (χ2v) is 13.8. The number of hydrogen-bond acceptors (Lipinski definition) is 7. The highest BCUT2D eigenvalue weighted by Crippen LogP contribution is 2.48. The Morgan fingerprint density at radius 1 is 1.00 bits per heavy atom. The van der Waals surface area contributed by atoms with Crippen molar-refractivity contribution >= 4 is 48.6 Å². The van der Waals surface area contributed by atoms with E-state index in [0.717, 1.165) is 25.7 Å². The predicted molar refractivity (Wildman–Crippen MR) is 140 cm³/mol. The van der Waals surface area contributed by atoms with Crippen LogP contribution in [0.4, 0.5) is 0 Å². The van der Waals surface area contributed by atoms with E-state index in [2.05, 4.69) is 16.0 Å². The Morgan fingerprint density at radius 3 is 2.11 bits per heavy atom. The van der Waals surface area contributed by atoms with Gasteiger partial charge in [0, 0.05) is 46.6 Å². The predicted octanol–water partition coefficient (Wildman–Crippen LogP) is 0.492. The fourth-order valence-electron chi connectivity index (χ4n) is 4.65. The fraction of sp³-hybridized carbons (Fsp3) is 0.783. The van der Waals surface area contributed by atoms with Crippen molar-refractivity contribution in [2.45, 2.75) is 43.8 Å². The number of carbonyl (C=O) groups excluding carboxylic acids is 5. The summed E-state index contributed by atoms with van der Waals surface area (Å²) in [5, 5.41) is 7.18. The zero-order valence-corrected chi connectivity index (χ0v) is 23.4. The third-order valence-electron chi connectivity index (χ3n) is 7.01. The van der Waals surface area contributed by atoms with Crippen LogP contribution < -0.4 is 16.0 Å². The summed E-state index contributed by atoms with van der Waals surface area (Å²) in [6, 6.07) is 0. The molecule has 2 aliphatic rings. The molecule has 0 bridgehead atoms. The van der Waals surface area contributed by atoms with E-state index >= 15 is 0 Å². The van der Waals surface area contributed by atoms with Crippen LogP contribution in [0.3, 0.4) is 0 Å². The van der Waals surface area contributed by atoms with Crippen LogP contribution >= 0.6 is 19.1 Å². The van der Waals surface area contributed by atoms with Gasteiger partial charge in [0.05, 0.1) is 17.6 Å². The van der Waals surface area contributed by atoms with Gasteiger partial charge in [-0.05, 0) is 50.8 Å². The Morgan fingerprint density at radius 2 is 1.58 bits per heavy atom. The van der Waals surface area contributed by atoms with E-state index in [4.69, 9.17) is 0 Å². The van der Waals surface area contributed by atoms with E-state index in [9.17, 15) is 28.5 Å². The number of nitrogens with one attached hydrogen (secondary N) is 3. The van der Waals surface area contributed by atoms with Crippen LogP contribution in [0.25, 0.3) is 0 Å². The molecule has 0 aromatic carbocycles. The number of rotatable bonds is 13. The van der Waals surface area contributed by atoms with E-state index in [0.29, 0.717) is 25.3 Å². The maximum atomic E-state index is 13.4. The topological polar surface area (TPSA) is 145 Å². The first kappa shape index (κ1) is 30.3. The highest BCUT2D eigenvalue weighted by atomic mass is 32.2. The van der Waals surface area contributed by atoms with E-state index in [1.54, 1.807) is 18.8 Å². The molecule has 0 aromatic rings. The number of thioether (sulfide) groups is 1. The van der Waals surface area contributed by atoms with Crippen LogP contribution in [0.1, 0.15) is 38.5 Å². The maximum Gasteiger partial charge on any atom is 0.242 e. The van der Waals surface area contributed by atoms with Crippen LogP contribution in [0, 0.1) is 11.8 Å². The Labute approximate surface area is 217 Å². The molecule has 0 radical (unpaired) electrons. The molecule has 1 unspecified atom stereocenters. The van der Waals surface area contributed by atoms with Gasteiger partial charge in [-0.25, -0.2) is 0 Å². The molecule has 1 aliphatic carbocycles. The van der Waals surface area contributed by atoms with Crippen molar-refractivity contribution in [3.63, 3.8) is 0 Å². The van der Waals surface area contributed by atoms with E-state index < -0.39 is 12.5 Å². The van der Waals surface area contributed by atoms with Crippen molar-refractivity contribution in [3.8, 4) is 0 Å². The van der Waals surface area contributed by atoms with Crippen molar-refractivity contribution in [1.82, 2.24) is 25.5 Å². The number of likely N-dealkylation sites (tertiary alicyclic amines) is 1. The minimum absolute atomic E-state index is 0.0145. The summed E-state index contributed by atoms with van der Waals surface area (Å²) >= 11 is 1.42. The van der Waals surface area contributed by atoms with Crippen molar-refractivity contribution in [3.05, 3.63) is 0 Å². The summed E-state index contributed by atoms with van der Waals surface area (Å²) in [6.45, 7) is 0.811. The summed E-state index contributed by atoms with van der Waals surface area (Å²) in [6.07, 6.45) is 3.49. The molecule has 1 aliphatic heterocycles. The zero-order chi connectivity index (χ0) is 26.9. The van der Waals surface area contributed by atoms with Gasteiger partial charge >= 0.3 is 0 Å². The minimum Gasteiger partial charge on any atom is -0.359 e. The normalized spacial score (nSPS) is 22.6. The van der Waals surface area contributed by atoms with Gasteiger partial charge in [0.15, 0.2) is 7.29 Å². The van der Waals surface area contributed by atoms with Crippen LogP contribution in [0.15, 0.2) is 0 Å². The first-order chi connectivity index (χ1) is 17.0. The van der Waals surface area contributed by atoms with Crippen molar-refractivity contribution in [2.75, 3.05) is 59.4 Å². The van der Waals surface area contributed by atoms with Crippen molar-refractivity contribution in [1.29, 1.82) is 0 Å². The van der Waals surface area contributed by atoms with E-state index in [1.165, 1.54) is 30.8 Å². The van der Waals surface area contributed by atoms with Crippen molar-refractivity contribution in [2.24, 2.45) is 11.8 Å². The van der Waals surface area contributed by atoms with Gasteiger partial charge in [0.25, 0.3) is 0 Å². The summed E-state index contributed by atoms with van der Waals surface area (Å²) < 4.78 is 15.0. The van der Waals surface area contributed by atoms with Crippen molar-refractivity contribution < 1.29 is 28.5 Å². The molecule has 1 saturated carbocycles. The Balaban J connectivity index is 1.81. The SMILES string of the molecule is CNC(=O)CP(=O)(CC(=O)NC)N(C)CCCSC1CC(=O)N(CC2CCC(C(=O)NC)CC2)C1=O. The quantitative estimate of drug-likeness (QED) is 0.172. The lowest BCUT2D eigenvalue weighted by Crippen LogP contribution is -2.38. The molecule has 1 atom stereocenters. The monoisotopic (exact) mass is 545 g/mol. The molecule has 0 aromatic heterocycles. The number of hydrogen-bond donors (Lipinski definition) is 3. The number of amides is 5. The molecule has 2 rings (SSSR count). The second kappa shape index (κ2) is 14.1. The first-order valence-electron chi connectivity index (χ1n) is 12.4. The number of nitrogens with zero attached hydrogens (tertiary/aromatic N) is 2. The average Bonchev–Trinajstić information content (AvgIpc) is 3.13. The molecular weight excluding hydrogens is 505 g/mol. The fourth-order valence-corrected chi connectivity index (χ4v) is 8.07. The molecule has 1 saturated heterocycles. The molecule has 36 heavy (non-hydrogen) atoms. The van der Waals surface area contributed by atoms with Gasteiger partial charge in [-0.1, -0.05) is 0 Å².